The average Bonchev–Trinajstić information content (AvgIpc) is 2.74. The zero-order valence-electron chi connectivity index (χ0n) is 12.7. The molecule has 0 aliphatic carbocycles. The number of aliphatic carboxylic acids is 1. The number of rotatable bonds is 4. The highest BCUT2D eigenvalue weighted by molar-refractivity contribution is 5.90. The van der Waals surface area contributed by atoms with Gasteiger partial charge in [0.05, 0.1) is 18.5 Å². The van der Waals surface area contributed by atoms with Crippen LogP contribution in [0.25, 0.3) is 10.9 Å². The van der Waals surface area contributed by atoms with Gasteiger partial charge in [0.1, 0.15) is 11.5 Å². The van der Waals surface area contributed by atoms with E-state index in [1.807, 2.05) is 23.6 Å². The van der Waals surface area contributed by atoms with Gasteiger partial charge in [0.2, 0.25) is 0 Å². The largest absolute Gasteiger partial charge is 0.508 e. The fourth-order valence-corrected chi connectivity index (χ4v) is 2.93. The van der Waals surface area contributed by atoms with Crippen LogP contribution in [0.4, 0.5) is 0 Å². The minimum atomic E-state index is -0.900. The highest BCUT2D eigenvalue weighted by Gasteiger charge is 2.17. The molecule has 5 nitrogen and oxygen atoms in total. The first-order valence-electron chi connectivity index (χ1n) is 7.26. The molecule has 0 unspecified atom stereocenters. The van der Waals surface area contributed by atoms with Crippen molar-refractivity contribution >= 4 is 16.9 Å². The topological polar surface area (TPSA) is 82.7 Å². The van der Waals surface area contributed by atoms with Gasteiger partial charge in [-0.25, -0.2) is 0 Å². The Morgan fingerprint density at radius 2 is 1.87 bits per heavy atom. The van der Waals surface area contributed by atoms with E-state index in [1.165, 1.54) is 0 Å². The van der Waals surface area contributed by atoms with Gasteiger partial charge in [0.15, 0.2) is 0 Å². The molecule has 0 spiro atoms. The molecule has 23 heavy (non-hydrogen) atoms. The van der Waals surface area contributed by atoms with E-state index >= 15 is 0 Å². The van der Waals surface area contributed by atoms with Crippen LogP contribution in [-0.2, 0) is 17.8 Å². The number of benzene rings is 2. The van der Waals surface area contributed by atoms with Crippen LogP contribution in [0, 0.1) is 6.92 Å². The fourth-order valence-electron chi connectivity index (χ4n) is 2.93. The Morgan fingerprint density at radius 1 is 1.13 bits per heavy atom. The average molecular weight is 311 g/mol. The Kier molecular flexibility index (Phi) is 3.70. The molecule has 5 heteroatoms. The third-order valence-electron chi connectivity index (χ3n) is 4.09. The monoisotopic (exact) mass is 311 g/mol. The molecule has 1 aromatic heterocycles. The van der Waals surface area contributed by atoms with Crippen LogP contribution in [0.5, 0.6) is 11.5 Å². The molecule has 0 radical (unpaired) electrons. The summed E-state index contributed by atoms with van der Waals surface area (Å²) < 4.78 is 1.92. The van der Waals surface area contributed by atoms with Crippen LogP contribution in [0.1, 0.15) is 16.8 Å². The number of hydrogen-bond acceptors (Lipinski definition) is 3. The Labute approximate surface area is 133 Å². The molecule has 0 saturated carbocycles. The van der Waals surface area contributed by atoms with Gasteiger partial charge >= 0.3 is 5.97 Å². The lowest BCUT2D eigenvalue weighted by Gasteiger charge is -2.10. The van der Waals surface area contributed by atoms with E-state index in [0.29, 0.717) is 6.54 Å². The van der Waals surface area contributed by atoms with Crippen molar-refractivity contribution in [3.8, 4) is 11.5 Å². The predicted molar refractivity (Wildman–Crippen MR) is 86.9 cm³/mol. The van der Waals surface area contributed by atoms with Crippen molar-refractivity contribution in [1.29, 1.82) is 0 Å². The van der Waals surface area contributed by atoms with E-state index in [-0.39, 0.29) is 17.9 Å². The lowest BCUT2D eigenvalue weighted by molar-refractivity contribution is -0.136. The van der Waals surface area contributed by atoms with Crippen LogP contribution < -0.4 is 0 Å². The maximum atomic E-state index is 11.2. The molecule has 0 saturated heterocycles. The van der Waals surface area contributed by atoms with Crippen LogP contribution >= 0.6 is 0 Å². The molecule has 0 fully saturated rings. The molecule has 118 valence electrons. The van der Waals surface area contributed by atoms with E-state index in [9.17, 15) is 15.0 Å². The number of fused-ring (bicyclic) bond motifs is 1. The molecule has 0 aliphatic heterocycles. The van der Waals surface area contributed by atoms with Gasteiger partial charge in [0.25, 0.3) is 0 Å². The van der Waals surface area contributed by atoms with Crippen molar-refractivity contribution < 1.29 is 20.1 Å². The van der Waals surface area contributed by atoms with Crippen molar-refractivity contribution in [3.05, 3.63) is 59.3 Å². The highest BCUT2D eigenvalue weighted by atomic mass is 16.4. The lowest BCUT2D eigenvalue weighted by Crippen LogP contribution is -2.05. The van der Waals surface area contributed by atoms with Crippen molar-refractivity contribution in [2.24, 2.45) is 0 Å². The van der Waals surface area contributed by atoms with E-state index in [2.05, 4.69) is 0 Å². The number of hydrogen-bond donors (Lipinski definition) is 3. The molecule has 0 amide bonds. The standard InChI is InChI=1S/C18H17NO4/c1-11-15(9-18(22)23)14-7-6-13(20)8-16(14)19(11)10-12-4-2-3-5-17(12)21/h2-8,20-21H,9-10H2,1H3,(H,22,23). The summed E-state index contributed by atoms with van der Waals surface area (Å²) in [5, 5.41) is 29.7. The molecule has 0 bridgehead atoms. The van der Waals surface area contributed by atoms with E-state index < -0.39 is 5.97 Å². The van der Waals surface area contributed by atoms with Crippen LogP contribution in [0.15, 0.2) is 42.5 Å². The fraction of sp³-hybridized carbons (Fsp3) is 0.167. The first-order valence-corrected chi connectivity index (χ1v) is 7.26. The quantitative estimate of drug-likeness (QED) is 0.691. The predicted octanol–water partition coefficient (Wildman–Crippen LogP) is 3.04. The molecule has 1 heterocycles. The van der Waals surface area contributed by atoms with Crippen LogP contribution in [0.3, 0.4) is 0 Å². The molecular weight excluding hydrogens is 294 g/mol. The van der Waals surface area contributed by atoms with Gasteiger partial charge in [0, 0.05) is 22.7 Å². The Morgan fingerprint density at radius 3 is 2.57 bits per heavy atom. The van der Waals surface area contributed by atoms with Crippen LogP contribution in [-0.4, -0.2) is 25.9 Å². The van der Waals surface area contributed by atoms with E-state index in [4.69, 9.17) is 5.11 Å². The minimum Gasteiger partial charge on any atom is -0.508 e. The Hall–Kier alpha value is -2.95. The third kappa shape index (κ3) is 2.73. The summed E-state index contributed by atoms with van der Waals surface area (Å²) in [7, 11) is 0. The second-order valence-electron chi connectivity index (χ2n) is 5.55. The molecule has 3 N–H and O–H groups in total. The Bertz CT molecular complexity index is 895. The number of nitrogens with zero attached hydrogens (tertiary/aromatic N) is 1. The summed E-state index contributed by atoms with van der Waals surface area (Å²) in [6.45, 7) is 2.26. The van der Waals surface area contributed by atoms with Gasteiger partial charge in [-0.1, -0.05) is 18.2 Å². The number of aromatic nitrogens is 1. The SMILES string of the molecule is Cc1c(CC(=O)O)c2ccc(O)cc2n1Cc1ccccc1O. The molecule has 3 aromatic rings. The summed E-state index contributed by atoms with van der Waals surface area (Å²) in [5.74, 6) is -0.591. The second kappa shape index (κ2) is 5.68. The highest BCUT2D eigenvalue weighted by Crippen LogP contribution is 2.31. The lowest BCUT2D eigenvalue weighted by atomic mass is 10.1. The van der Waals surface area contributed by atoms with Gasteiger partial charge in [-0.15, -0.1) is 0 Å². The van der Waals surface area contributed by atoms with Crippen molar-refractivity contribution in [3.63, 3.8) is 0 Å². The summed E-state index contributed by atoms with van der Waals surface area (Å²) in [4.78, 5) is 11.2. The summed E-state index contributed by atoms with van der Waals surface area (Å²) >= 11 is 0. The molecule has 3 rings (SSSR count). The third-order valence-corrected chi connectivity index (χ3v) is 4.09. The maximum absolute atomic E-state index is 11.2. The second-order valence-corrected chi connectivity index (χ2v) is 5.55. The van der Waals surface area contributed by atoms with E-state index in [0.717, 1.165) is 27.7 Å². The molecule has 0 aliphatic rings. The molecule has 2 aromatic carbocycles. The summed E-state index contributed by atoms with van der Waals surface area (Å²) in [5.41, 5.74) is 3.03. The van der Waals surface area contributed by atoms with Gasteiger partial charge in [-0.2, -0.15) is 0 Å². The number of carbonyl (C=O) groups is 1. The number of carboxylic acid groups (broad SMARTS) is 1. The van der Waals surface area contributed by atoms with Crippen molar-refractivity contribution in [2.75, 3.05) is 0 Å². The number of para-hydroxylation sites is 1. The first kappa shape index (κ1) is 15.0. The molecular formula is C18H17NO4. The smallest absolute Gasteiger partial charge is 0.307 e. The van der Waals surface area contributed by atoms with Crippen LogP contribution in [0.2, 0.25) is 0 Å². The normalized spacial score (nSPS) is 11.0. The number of phenols is 2. The van der Waals surface area contributed by atoms with Crippen molar-refractivity contribution in [2.45, 2.75) is 19.9 Å². The first-order chi connectivity index (χ1) is 11.0. The zero-order valence-corrected chi connectivity index (χ0v) is 12.7. The number of phenolic OH excluding ortho intramolecular Hbond substituents is 2. The van der Waals surface area contributed by atoms with Crippen molar-refractivity contribution in [1.82, 2.24) is 4.57 Å². The summed E-state index contributed by atoms with van der Waals surface area (Å²) in [6.07, 6.45) is -0.0825. The minimum absolute atomic E-state index is 0.0825. The van der Waals surface area contributed by atoms with Gasteiger partial charge in [-0.05, 0) is 30.7 Å². The number of carboxylic acids is 1. The molecule has 0 atom stereocenters. The van der Waals surface area contributed by atoms with Gasteiger partial charge in [-0.3, -0.25) is 4.79 Å². The summed E-state index contributed by atoms with van der Waals surface area (Å²) in [6, 6.07) is 11.9. The maximum Gasteiger partial charge on any atom is 0.307 e. The van der Waals surface area contributed by atoms with E-state index in [1.54, 1.807) is 30.3 Å². The Balaban J connectivity index is 2.19. The number of aromatic hydroxyl groups is 2. The van der Waals surface area contributed by atoms with Gasteiger partial charge < -0.3 is 19.9 Å². The zero-order chi connectivity index (χ0) is 16.6.